The number of nitrogens with one attached hydrogen (secondary N) is 1. The third kappa shape index (κ3) is 2.04. The Bertz CT molecular complexity index is 343. The summed E-state index contributed by atoms with van der Waals surface area (Å²) in [5.41, 5.74) is 0. The number of hydrogen-bond donors (Lipinski definition) is 1. The van der Waals surface area contributed by atoms with Crippen LogP contribution < -0.4 is 0 Å². The highest BCUT2D eigenvalue weighted by molar-refractivity contribution is 7.71. The first-order valence-corrected chi connectivity index (χ1v) is 5.52. The summed E-state index contributed by atoms with van der Waals surface area (Å²) in [6.45, 7) is 6.81. The lowest BCUT2D eigenvalue weighted by molar-refractivity contribution is 0.332. The molecule has 0 amide bonds. The molecule has 1 N–H and O–H groups in total. The van der Waals surface area contributed by atoms with Crippen molar-refractivity contribution < 1.29 is 0 Å². The zero-order valence-electron chi connectivity index (χ0n) is 8.44. The molecule has 0 spiro atoms. The monoisotopic (exact) mass is 212 g/mol. The molecule has 4 nitrogen and oxygen atoms in total. The van der Waals surface area contributed by atoms with Gasteiger partial charge in [0.15, 0.2) is 4.77 Å². The average molecular weight is 212 g/mol. The van der Waals surface area contributed by atoms with Crippen molar-refractivity contribution in [1.29, 1.82) is 0 Å². The minimum atomic E-state index is 0.735. The van der Waals surface area contributed by atoms with Gasteiger partial charge in [0.2, 0.25) is 0 Å². The Morgan fingerprint density at radius 2 is 2.57 bits per heavy atom. The van der Waals surface area contributed by atoms with Crippen molar-refractivity contribution in [3.63, 3.8) is 0 Å². The maximum absolute atomic E-state index is 5.11. The van der Waals surface area contributed by atoms with Gasteiger partial charge in [-0.15, -0.1) is 0 Å². The van der Waals surface area contributed by atoms with Crippen molar-refractivity contribution >= 4 is 12.2 Å². The molecule has 14 heavy (non-hydrogen) atoms. The van der Waals surface area contributed by atoms with Gasteiger partial charge in [-0.2, -0.15) is 5.10 Å². The molecule has 1 aliphatic rings. The number of aromatic amines is 1. The minimum absolute atomic E-state index is 0.735. The van der Waals surface area contributed by atoms with Crippen molar-refractivity contribution in [3.8, 4) is 0 Å². The van der Waals surface area contributed by atoms with E-state index in [1.165, 1.54) is 19.5 Å². The summed E-state index contributed by atoms with van der Waals surface area (Å²) in [5.74, 6) is 0.735. The zero-order valence-corrected chi connectivity index (χ0v) is 9.26. The van der Waals surface area contributed by atoms with Gasteiger partial charge in [0.05, 0.1) is 0 Å². The molecule has 78 valence electrons. The molecule has 1 fully saturated rings. The van der Waals surface area contributed by atoms with E-state index in [0.717, 1.165) is 23.8 Å². The Morgan fingerprint density at radius 3 is 3.14 bits per heavy atom. The van der Waals surface area contributed by atoms with Gasteiger partial charge in [-0.3, -0.25) is 5.10 Å². The number of likely N-dealkylation sites (tertiary alicyclic amines) is 1. The van der Waals surface area contributed by atoms with Crippen molar-refractivity contribution in [2.75, 3.05) is 19.6 Å². The summed E-state index contributed by atoms with van der Waals surface area (Å²) in [5, 5.41) is 6.71. The van der Waals surface area contributed by atoms with Gasteiger partial charge in [0, 0.05) is 13.1 Å². The molecule has 0 aliphatic carbocycles. The molecule has 1 atom stereocenters. The maximum Gasteiger partial charge on any atom is 0.194 e. The smallest absolute Gasteiger partial charge is 0.194 e. The fourth-order valence-electron chi connectivity index (χ4n) is 2.03. The number of rotatable bonds is 3. The van der Waals surface area contributed by atoms with Crippen LogP contribution in [0, 0.1) is 10.7 Å². The lowest BCUT2D eigenvalue weighted by atomic mass is 10.1. The molecule has 0 saturated carbocycles. The van der Waals surface area contributed by atoms with Gasteiger partial charge in [0.1, 0.15) is 6.33 Å². The van der Waals surface area contributed by atoms with E-state index in [1.54, 1.807) is 6.33 Å². The molecular formula is C9H16N4S. The van der Waals surface area contributed by atoms with E-state index in [9.17, 15) is 0 Å². The molecule has 1 saturated heterocycles. The molecule has 0 radical (unpaired) electrons. The van der Waals surface area contributed by atoms with Crippen LogP contribution in [0.25, 0.3) is 0 Å². The molecule has 1 aliphatic heterocycles. The van der Waals surface area contributed by atoms with Crippen LogP contribution in [0.3, 0.4) is 0 Å². The molecule has 2 heterocycles. The Balaban J connectivity index is 1.94. The second kappa shape index (κ2) is 4.23. The predicted octanol–water partition coefficient (Wildman–Crippen LogP) is 1.28. The maximum atomic E-state index is 5.11. The summed E-state index contributed by atoms with van der Waals surface area (Å²) >= 11 is 5.11. The standard InChI is InChI=1S/C9H16N4S/c1-2-12-4-3-8(5-12)6-13-7-10-11-9(13)14/h7-8H,2-6H2,1H3,(H,11,14). The number of hydrogen-bond acceptors (Lipinski definition) is 3. The summed E-state index contributed by atoms with van der Waals surface area (Å²) in [6, 6.07) is 0. The Labute approximate surface area is 88.9 Å². The molecular weight excluding hydrogens is 196 g/mol. The average Bonchev–Trinajstić information content (AvgIpc) is 2.77. The lowest BCUT2D eigenvalue weighted by Crippen LogP contribution is -2.21. The normalized spacial score (nSPS) is 23.1. The highest BCUT2D eigenvalue weighted by atomic mass is 32.1. The van der Waals surface area contributed by atoms with E-state index in [2.05, 4.69) is 22.0 Å². The van der Waals surface area contributed by atoms with Crippen molar-refractivity contribution in [2.24, 2.45) is 5.92 Å². The highest BCUT2D eigenvalue weighted by Crippen LogP contribution is 2.17. The lowest BCUT2D eigenvalue weighted by Gasteiger charge is -2.12. The minimum Gasteiger partial charge on any atom is -0.306 e. The summed E-state index contributed by atoms with van der Waals surface area (Å²) in [6.07, 6.45) is 3.07. The first-order chi connectivity index (χ1) is 6.79. The SMILES string of the molecule is CCN1CCC(Cn2cn[nH]c2=S)C1. The van der Waals surface area contributed by atoms with E-state index in [-0.39, 0.29) is 0 Å². The number of aromatic nitrogens is 3. The Hall–Kier alpha value is -0.680. The van der Waals surface area contributed by atoms with Crippen LogP contribution in [0.15, 0.2) is 6.33 Å². The number of H-pyrrole nitrogens is 1. The fraction of sp³-hybridized carbons (Fsp3) is 0.778. The second-order valence-electron chi connectivity index (χ2n) is 3.86. The van der Waals surface area contributed by atoms with Gasteiger partial charge in [-0.1, -0.05) is 6.92 Å². The Morgan fingerprint density at radius 1 is 1.71 bits per heavy atom. The van der Waals surface area contributed by atoms with Crippen LogP contribution in [0.4, 0.5) is 0 Å². The molecule has 5 heteroatoms. The van der Waals surface area contributed by atoms with Gasteiger partial charge >= 0.3 is 0 Å². The molecule has 0 aromatic carbocycles. The van der Waals surface area contributed by atoms with E-state index in [0.29, 0.717) is 0 Å². The van der Waals surface area contributed by atoms with Gasteiger partial charge in [-0.25, -0.2) is 0 Å². The van der Waals surface area contributed by atoms with Gasteiger partial charge in [-0.05, 0) is 37.6 Å². The van der Waals surface area contributed by atoms with Gasteiger partial charge in [0.25, 0.3) is 0 Å². The first-order valence-electron chi connectivity index (χ1n) is 5.11. The van der Waals surface area contributed by atoms with Crippen LogP contribution in [0.2, 0.25) is 0 Å². The quantitative estimate of drug-likeness (QED) is 0.767. The summed E-state index contributed by atoms with van der Waals surface area (Å²) in [7, 11) is 0. The molecule has 1 aromatic heterocycles. The van der Waals surface area contributed by atoms with Crippen molar-refractivity contribution in [3.05, 3.63) is 11.1 Å². The van der Waals surface area contributed by atoms with E-state index in [4.69, 9.17) is 12.2 Å². The predicted molar refractivity (Wildman–Crippen MR) is 57.6 cm³/mol. The van der Waals surface area contributed by atoms with Crippen LogP contribution in [-0.4, -0.2) is 39.3 Å². The van der Waals surface area contributed by atoms with Crippen LogP contribution in [0.5, 0.6) is 0 Å². The molecule has 2 rings (SSSR count). The largest absolute Gasteiger partial charge is 0.306 e. The van der Waals surface area contributed by atoms with E-state index < -0.39 is 0 Å². The second-order valence-corrected chi connectivity index (χ2v) is 4.25. The summed E-state index contributed by atoms with van der Waals surface area (Å²) in [4.78, 5) is 2.48. The van der Waals surface area contributed by atoms with Crippen LogP contribution in [-0.2, 0) is 6.54 Å². The fourth-order valence-corrected chi connectivity index (χ4v) is 2.20. The molecule has 0 bridgehead atoms. The van der Waals surface area contributed by atoms with Crippen molar-refractivity contribution in [1.82, 2.24) is 19.7 Å². The summed E-state index contributed by atoms with van der Waals surface area (Å²) < 4.78 is 2.76. The first kappa shape index (κ1) is 9.86. The molecule has 1 aromatic rings. The van der Waals surface area contributed by atoms with E-state index in [1.807, 2.05) is 4.57 Å². The third-order valence-corrected chi connectivity index (χ3v) is 3.22. The van der Waals surface area contributed by atoms with E-state index >= 15 is 0 Å². The van der Waals surface area contributed by atoms with Crippen LogP contribution in [0.1, 0.15) is 13.3 Å². The zero-order chi connectivity index (χ0) is 9.97. The third-order valence-electron chi connectivity index (χ3n) is 2.89. The Kier molecular flexibility index (Phi) is 2.98. The number of nitrogens with zero attached hydrogens (tertiary/aromatic N) is 3. The van der Waals surface area contributed by atoms with Gasteiger partial charge < -0.3 is 9.47 Å². The van der Waals surface area contributed by atoms with Crippen molar-refractivity contribution in [2.45, 2.75) is 19.9 Å². The topological polar surface area (TPSA) is 36.9 Å². The highest BCUT2D eigenvalue weighted by Gasteiger charge is 2.21. The molecule has 1 unspecified atom stereocenters. The van der Waals surface area contributed by atoms with Crippen LogP contribution >= 0.6 is 12.2 Å².